The number of fused-ring (bicyclic) bond motifs is 3. The summed E-state index contributed by atoms with van der Waals surface area (Å²) in [4.78, 5) is 37.1. The molecule has 7 heteroatoms. The fourth-order valence-electron chi connectivity index (χ4n) is 4.08. The molecule has 34 heavy (non-hydrogen) atoms. The monoisotopic (exact) mass is 459 g/mol. The molecule has 2 atom stereocenters. The Morgan fingerprint density at radius 2 is 1.41 bits per heavy atom. The van der Waals surface area contributed by atoms with Gasteiger partial charge in [0.05, 0.1) is 6.10 Å². The molecule has 1 aliphatic rings. The molecule has 2 N–H and O–H groups in total. The maximum absolute atomic E-state index is 12.5. The quantitative estimate of drug-likeness (QED) is 0.393. The lowest BCUT2D eigenvalue weighted by Gasteiger charge is -2.20. The molecule has 1 amide bonds. The van der Waals surface area contributed by atoms with Crippen LogP contribution in [-0.4, -0.2) is 48.3 Å². The molecule has 0 spiro atoms. The number of nitrogens with one attached hydrogen (secondary N) is 1. The second-order valence-electron chi connectivity index (χ2n) is 8.09. The van der Waals surface area contributed by atoms with Crippen LogP contribution >= 0.6 is 0 Å². The van der Waals surface area contributed by atoms with E-state index in [-0.39, 0.29) is 18.3 Å². The van der Waals surface area contributed by atoms with Crippen LogP contribution in [0, 0.1) is 0 Å². The van der Waals surface area contributed by atoms with Gasteiger partial charge in [0.1, 0.15) is 6.61 Å². The number of aliphatic hydroxyl groups is 1. The number of ketones is 1. The van der Waals surface area contributed by atoms with Gasteiger partial charge in [-0.25, -0.2) is 9.59 Å². The van der Waals surface area contributed by atoms with Gasteiger partial charge < -0.3 is 19.9 Å². The number of carbonyl (C=O) groups excluding carboxylic acids is 3. The minimum atomic E-state index is -1.38. The number of Topliss-reactive ketones (excluding diaryl/α,β-unsaturated/α-hetero) is 1. The summed E-state index contributed by atoms with van der Waals surface area (Å²) in [6, 6.07) is 22.9. The highest BCUT2D eigenvalue weighted by atomic mass is 16.6. The number of hydrogen-bond acceptors (Lipinski definition) is 6. The maximum Gasteiger partial charge on any atom is 0.407 e. The lowest BCUT2D eigenvalue weighted by molar-refractivity contribution is -0.147. The van der Waals surface area contributed by atoms with Crippen molar-refractivity contribution in [2.75, 3.05) is 13.2 Å². The van der Waals surface area contributed by atoms with Crippen molar-refractivity contribution in [2.24, 2.45) is 0 Å². The van der Waals surface area contributed by atoms with E-state index in [1.54, 1.807) is 30.3 Å². The number of amides is 1. The fraction of sp³-hybridized carbons (Fsp3) is 0.222. The van der Waals surface area contributed by atoms with Gasteiger partial charge in [0, 0.05) is 11.5 Å². The van der Waals surface area contributed by atoms with Gasteiger partial charge in [0.2, 0.25) is 0 Å². The molecule has 3 aromatic carbocycles. The second kappa shape index (κ2) is 10.3. The largest absolute Gasteiger partial charge is 0.456 e. The molecular weight excluding hydrogens is 434 g/mol. The lowest BCUT2D eigenvalue weighted by Crippen LogP contribution is -2.49. The molecule has 4 rings (SSSR count). The van der Waals surface area contributed by atoms with Crippen LogP contribution < -0.4 is 5.32 Å². The zero-order valence-electron chi connectivity index (χ0n) is 18.6. The Labute approximate surface area is 197 Å². The van der Waals surface area contributed by atoms with E-state index < -0.39 is 30.8 Å². The molecule has 0 heterocycles. The average molecular weight is 459 g/mol. The number of hydrogen-bond donors (Lipinski definition) is 2. The van der Waals surface area contributed by atoms with Crippen LogP contribution in [-0.2, 0) is 14.3 Å². The van der Waals surface area contributed by atoms with Gasteiger partial charge in [0.15, 0.2) is 18.4 Å². The van der Waals surface area contributed by atoms with Crippen molar-refractivity contribution in [3.05, 3.63) is 95.6 Å². The van der Waals surface area contributed by atoms with Gasteiger partial charge in [-0.15, -0.1) is 0 Å². The van der Waals surface area contributed by atoms with Crippen LogP contribution in [0.3, 0.4) is 0 Å². The molecule has 1 aliphatic carbocycles. The van der Waals surface area contributed by atoms with Crippen molar-refractivity contribution in [1.82, 2.24) is 5.32 Å². The topological polar surface area (TPSA) is 102 Å². The molecule has 0 unspecified atom stereocenters. The number of rotatable bonds is 8. The number of ether oxygens (including phenoxy) is 2. The predicted octanol–water partition coefficient (Wildman–Crippen LogP) is 3.70. The highest BCUT2D eigenvalue weighted by Crippen LogP contribution is 2.44. The zero-order valence-corrected chi connectivity index (χ0v) is 18.6. The normalized spacial score (nSPS) is 13.8. The molecule has 0 fully saturated rings. The van der Waals surface area contributed by atoms with E-state index >= 15 is 0 Å². The first-order chi connectivity index (χ1) is 16.5. The zero-order chi connectivity index (χ0) is 24.1. The van der Waals surface area contributed by atoms with Gasteiger partial charge in [-0.3, -0.25) is 4.79 Å². The Bertz CT molecular complexity index is 1140. The molecular formula is C27H25NO6. The fourth-order valence-corrected chi connectivity index (χ4v) is 4.08. The Morgan fingerprint density at radius 1 is 0.853 bits per heavy atom. The summed E-state index contributed by atoms with van der Waals surface area (Å²) in [5.41, 5.74) is 4.71. The second-order valence-corrected chi connectivity index (χ2v) is 8.09. The summed E-state index contributed by atoms with van der Waals surface area (Å²) in [5.74, 6) is -1.45. The molecule has 0 aromatic heterocycles. The Kier molecular flexibility index (Phi) is 7.04. The van der Waals surface area contributed by atoms with Gasteiger partial charge in [-0.05, 0) is 29.2 Å². The minimum Gasteiger partial charge on any atom is -0.456 e. The summed E-state index contributed by atoms with van der Waals surface area (Å²) >= 11 is 0. The van der Waals surface area contributed by atoms with Crippen molar-refractivity contribution < 1.29 is 29.0 Å². The van der Waals surface area contributed by atoms with E-state index in [1.165, 1.54) is 6.92 Å². The minimum absolute atomic E-state index is 0.0634. The molecule has 0 saturated carbocycles. The summed E-state index contributed by atoms with van der Waals surface area (Å²) in [7, 11) is 0. The molecule has 174 valence electrons. The lowest BCUT2D eigenvalue weighted by atomic mass is 9.98. The van der Waals surface area contributed by atoms with Crippen molar-refractivity contribution in [3.63, 3.8) is 0 Å². The van der Waals surface area contributed by atoms with Gasteiger partial charge >= 0.3 is 12.1 Å². The van der Waals surface area contributed by atoms with Crippen molar-refractivity contribution >= 4 is 17.8 Å². The summed E-state index contributed by atoms with van der Waals surface area (Å²) in [6.07, 6.45) is -2.11. The van der Waals surface area contributed by atoms with Crippen molar-refractivity contribution in [1.29, 1.82) is 0 Å². The van der Waals surface area contributed by atoms with Crippen molar-refractivity contribution in [2.45, 2.75) is 25.0 Å². The van der Waals surface area contributed by atoms with Crippen LogP contribution in [0.4, 0.5) is 4.79 Å². The van der Waals surface area contributed by atoms with Crippen LogP contribution in [0.5, 0.6) is 0 Å². The standard InChI is InChI=1S/C27H25NO6/c1-17(29)25(26(31)33-16-24(30)18-9-3-2-4-10-18)28-27(32)34-15-23-21-13-7-5-11-19(21)20-12-6-8-14-22(20)23/h2-14,17,23,25,29H,15-16H2,1H3,(H,28,32)/t17-,25+/m1/s1. The van der Waals surface area contributed by atoms with E-state index in [4.69, 9.17) is 9.47 Å². The summed E-state index contributed by atoms with van der Waals surface area (Å²) in [6.45, 7) is 0.904. The van der Waals surface area contributed by atoms with Crippen LogP contribution in [0.15, 0.2) is 78.9 Å². The van der Waals surface area contributed by atoms with E-state index in [9.17, 15) is 19.5 Å². The summed E-state index contributed by atoms with van der Waals surface area (Å²) < 4.78 is 10.5. The van der Waals surface area contributed by atoms with E-state index in [2.05, 4.69) is 5.32 Å². The Balaban J connectivity index is 1.35. The molecule has 0 saturated heterocycles. The molecule has 0 bridgehead atoms. The molecule has 3 aromatic rings. The predicted molar refractivity (Wildman–Crippen MR) is 125 cm³/mol. The number of alkyl carbamates (subject to hydrolysis) is 1. The summed E-state index contributed by atoms with van der Waals surface area (Å²) in [5, 5.41) is 12.4. The maximum atomic E-state index is 12.5. The average Bonchev–Trinajstić information content (AvgIpc) is 3.18. The number of esters is 1. The molecule has 0 aliphatic heterocycles. The van der Waals surface area contributed by atoms with Gasteiger partial charge in [-0.2, -0.15) is 0 Å². The number of benzene rings is 3. The van der Waals surface area contributed by atoms with Gasteiger partial charge in [-0.1, -0.05) is 78.9 Å². The number of carbonyl (C=O) groups is 3. The third-order valence-electron chi connectivity index (χ3n) is 5.79. The first kappa shape index (κ1) is 23.2. The third kappa shape index (κ3) is 5.00. The number of aliphatic hydroxyl groups excluding tert-OH is 1. The first-order valence-electron chi connectivity index (χ1n) is 11.0. The van der Waals surface area contributed by atoms with Crippen LogP contribution in [0.2, 0.25) is 0 Å². The SMILES string of the molecule is C[C@@H](O)[C@H](NC(=O)OCC1c2ccccc2-c2ccccc21)C(=O)OCC(=O)c1ccccc1. The van der Waals surface area contributed by atoms with Crippen LogP contribution in [0.25, 0.3) is 11.1 Å². The molecule has 0 radical (unpaired) electrons. The highest BCUT2D eigenvalue weighted by molar-refractivity contribution is 5.98. The first-order valence-corrected chi connectivity index (χ1v) is 11.0. The smallest absolute Gasteiger partial charge is 0.407 e. The third-order valence-corrected chi connectivity index (χ3v) is 5.79. The van der Waals surface area contributed by atoms with Crippen LogP contribution in [0.1, 0.15) is 34.3 Å². The van der Waals surface area contributed by atoms with Gasteiger partial charge in [0.25, 0.3) is 0 Å². The van der Waals surface area contributed by atoms with E-state index in [0.717, 1.165) is 22.3 Å². The Morgan fingerprint density at radius 3 is 2.00 bits per heavy atom. The van der Waals surface area contributed by atoms with Crippen molar-refractivity contribution in [3.8, 4) is 11.1 Å². The Hall–Kier alpha value is -3.97. The van der Waals surface area contributed by atoms with E-state index in [0.29, 0.717) is 5.56 Å². The highest BCUT2D eigenvalue weighted by Gasteiger charge is 2.31. The molecule has 7 nitrogen and oxygen atoms in total. The van der Waals surface area contributed by atoms with E-state index in [1.807, 2.05) is 48.5 Å².